The number of Topliss-reactive ketones (excluding diaryl/α,β-unsaturated/α-hetero) is 1. The summed E-state index contributed by atoms with van der Waals surface area (Å²) in [4.78, 5) is 13.5. The molecule has 0 saturated carbocycles. The Balaban J connectivity index is 1.66. The lowest BCUT2D eigenvalue weighted by atomic mass is 9.72. The van der Waals surface area contributed by atoms with Crippen molar-refractivity contribution in [1.29, 1.82) is 0 Å². The van der Waals surface area contributed by atoms with Gasteiger partial charge >= 0.3 is 0 Å². The van der Waals surface area contributed by atoms with E-state index in [4.69, 9.17) is 9.26 Å². The van der Waals surface area contributed by atoms with E-state index in [1.54, 1.807) is 19.2 Å². The topological polar surface area (TPSA) is 84.6 Å². The van der Waals surface area contributed by atoms with Gasteiger partial charge in [0, 0.05) is 29.2 Å². The summed E-state index contributed by atoms with van der Waals surface area (Å²) >= 11 is 0. The number of aryl methyl sites for hydroxylation is 1. The predicted molar refractivity (Wildman–Crippen MR) is 112 cm³/mol. The van der Waals surface area contributed by atoms with Crippen LogP contribution < -0.4 is 10.1 Å². The van der Waals surface area contributed by atoms with Crippen LogP contribution in [0, 0.1) is 6.92 Å². The lowest BCUT2D eigenvalue weighted by Crippen LogP contribution is -2.29. The van der Waals surface area contributed by atoms with E-state index in [1.165, 1.54) is 0 Å². The molecule has 1 aromatic heterocycles. The number of carbonyl (C=O) groups excluding carboxylic acids is 1. The first-order chi connectivity index (χ1) is 14.6. The van der Waals surface area contributed by atoms with Crippen molar-refractivity contribution in [2.45, 2.75) is 31.6 Å². The van der Waals surface area contributed by atoms with Gasteiger partial charge in [0.25, 0.3) is 0 Å². The van der Waals surface area contributed by atoms with Crippen molar-refractivity contribution in [3.63, 3.8) is 0 Å². The van der Waals surface area contributed by atoms with E-state index in [-0.39, 0.29) is 23.4 Å². The van der Waals surface area contributed by atoms with Crippen LogP contribution in [-0.4, -0.2) is 23.2 Å². The number of phenolic OH excluding ortho intramolecular Hbond substituents is 1. The molecule has 3 aromatic rings. The molecule has 1 aliphatic carbocycles. The molecule has 152 valence electrons. The molecule has 2 aromatic carbocycles. The second kappa shape index (κ2) is 7.06. The summed E-state index contributed by atoms with van der Waals surface area (Å²) in [6.45, 7) is 1.89. The molecule has 2 heterocycles. The zero-order valence-corrected chi connectivity index (χ0v) is 16.8. The zero-order valence-electron chi connectivity index (χ0n) is 16.8. The van der Waals surface area contributed by atoms with Crippen molar-refractivity contribution < 1.29 is 19.2 Å². The van der Waals surface area contributed by atoms with Crippen LogP contribution in [0.2, 0.25) is 0 Å². The molecular formula is C24H22N2O4. The van der Waals surface area contributed by atoms with Crippen LogP contribution in [-0.2, 0) is 4.79 Å². The Kier molecular flexibility index (Phi) is 4.35. The van der Waals surface area contributed by atoms with Gasteiger partial charge in [0.15, 0.2) is 5.78 Å². The minimum absolute atomic E-state index is 0.0548. The minimum Gasteiger partial charge on any atom is -0.508 e. The highest BCUT2D eigenvalue weighted by molar-refractivity contribution is 6.01. The molecular weight excluding hydrogens is 380 g/mol. The molecule has 2 aliphatic rings. The smallest absolute Gasteiger partial charge is 0.233 e. The molecule has 5 rings (SSSR count). The number of ether oxygens (including phenoxy) is 1. The number of aromatic hydroxyl groups is 1. The van der Waals surface area contributed by atoms with Gasteiger partial charge in [-0.25, -0.2) is 0 Å². The second-order valence-corrected chi connectivity index (χ2v) is 7.79. The van der Waals surface area contributed by atoms with Gasteiger partial charge in [-0.15, -0.1) is 0 Å². The van der Waals surface area contributed by atoms with E-state index in [2.05, 4.69) is 10.5 Å². The third-order valence-corrected chi connectivity index (χ3v) is 6.08. The summed E-state index contributed by atoms with van der Waals surface area (Å²) in [5.41, 5.74) is 4.86. The van der Waals surface area contributed by atoms with Crippen LogP contribution in [0.3, 0.4) is 0 Å². The summed E-state index contributed by atoms with van der Waals surface area (Å²) in [6, 6.07) is 15.0. The zero-order chi connectivity index (χ0) is 20.8. The molecule has 2 atom stereocenters. The molecule has 0 saturated heterocycles. The van der Waals surface area contributed by atoms with Gasteiger partial charge in [0.1, 0.15) is 11.5 Å². The van der Waals surface area contributed by atoms with Crippen LogP contribution in [0.4, 0.5) is 5.88 Å². The van der Waals surface area contributed by atoms with E-state index in [0.29, 0.717) is 18.7 Å². The minimum atomic E-state index is -0.309. The third kappa shape index (κ3) is 2.79. The molecule has 0 amide bonds. The summed E-state index contributed by atoms with van der Waals surface area (Å²) in [5, 5.41) is 17.8. The number of allylic oxidation sites excluding steroid dienone is 2. The average molecular weight is 402 g/mol. The Morgan fingerprint density at radius 1 is 1.10 bits per heavy atom. The number of carbonyl (C=O) groups is 1. The van der Waals surface area contributed by atoms with Gasteiger partial charge in [0.05, 0.1) is 24.3 Å². The van der Waals surface area contributed by atoms with Crippen molar-refractivity contribution in [2.24, 2.45) is 0 Å². The number of benzene rings is 2. The van der Waals surface area contributed by atoms with Crippen LogP contribution in [0.5, 0.6) is 11.5 Å². The molecule has 6 heteroatoms. The fourth-order valence-electron chi connectivity index (χ4n) is 4.74. The number of rotatable bonds is 3. The Labute approximate surface area is 174 Å². The molecule has 0 unspecified atom stereocenters. The van der Waals surface area contributed by atoms with Crippen LogP contribution in [0.15, 0.2) is 64.3 Å². The lowest BCUT2D eigenvalue weighted by Gasteiger charge is -2.35. The van der Waals surface area contributed by atoms with Crippen LogP contribution in [0.1, 0.15) is 47.1 Å². The number of phenols is 1. The average Bonchev–Trinajstić information content (AvgIpc) is 3.13. The number of nitrogens with zero attached hydrogens (tertiary/aromatic N) is 1. The van der Waals surface area contributed by atoms with Gasteiger partial charge in [-0.3, -0.25) is 4.79 Å². The van der Waals surface area contributed by atoms with Gasteiger partial charge in [-0.05, 0) is 31.0 Å². The van der Waals surface area contributed by atoms with Crippen LogP contribution >= 0.6 is 0 Å². The molecule has 1 aliphatic heterocycles. The monoisotopic (exact) mass is 402 g/mol. The van der Waals surface area contributed by atoms with Crippen molar-refractivity contribution in [3.8, 4) is 11.5 Å². The van der Waals surface area contributed by atoms with E-state index >= 15 is 0 Å². The van der Waals surface area contributed by atoms with Crippen molar-refractivity contribution >= 4 is 11.7 Å². The molecule has 30 heavy (non-hydrogen) atoms. The first kappa shape index (κ1) is 18.5. The van der Waals surface area contributed by atoms with E-state index < -0.39 is 0 Å². The van der Waals surface area contributed by atoms with Crippen molar-refractivity contribution in [3.05, 3.63) is 82.2 Å². The number of methoxy groups -OCH3 is 1. The molecule has 0 fully saturated rings. The molecule has 0 spiro atoms. The Hall–Kier alpha value is -3.54. The first-order valence-corrected chi connectivity index (χ1v) is 9.98. The van der Waals surface area contributed by atoms with Crippen LogP contribution in [0.25, 0.3) is 0 Å². The van der Waals surface area contributed by atoms with Crippen molar-refractivity contribution in [1.82, 2.24) is 5.16 Å². The highest BCUT2D eigenvalue weighted by Crippen LogP contribution is 2.51. The summed E-state index contributed by atoms with van der Waals surface area (Å²) in [7, 11) is 1.63. The fraction of sp³-hybridized carbons (Fsp3) is 0.250. The maximum atomic E-state index is 13.5. The SMILES string of the molecule is COc1ccccc1[C@@H]1C2=C(C[C@H](c3ccccc3O)CC2=O)Nc2onc(C)c21. The summed E-state index contributed by atoms with van der Waals surface area (Å²) in [6.07, 6.45) is 0.937. The number of anilines is 1. The van der Waals surface area contributed by atoms with Gasteiger partial charge in [-0.2, -0.15) is 0 Å². The number of para-hydroxylation sites is 2. The van der Waals surface area contributed by atoms with Crippen molar-refractivity contribution in [2.75, 3.05) is 12.4 Å². The van der Waals surface area contributed by atoms with E-state index in [0.717, 1.165) is 39.4 Å². The largest absolute Gasteiger partial charge is 0.508 e. The lowest BCUT2D eigenvalue weighted by molar-refractivity contribution is -0.116. The third-order valence-electron chi connectivity index (χ3n) is 6.08. The molecule has 0 radical (unpaired) electrons. The highest BCUT2D eigenvalue weighted by Gasteiger charge is 2.42. The molecule has 0 bridgehead atoms. The molecule has 2 N–H and O–H groups in total. The Bertz CT molecular complexity index is 1180. The number of nitrogens with one attached hydrogen (secondary N) is 1. The second-order valence-electron chi connectivity index (χ2n) is 7.79. The van der Waals surface area contributed by atoms with E-state index in [9.17, 15) is 9.90 Å². The van der Waals surface area contributed by atoms with Gasteiger partial charge in [-0.1, -0.05) is 41.6 Å². The number of fused-ring (bicyclic) bond motifs is 1. The quantitative estimate of drug-likeness (QED) is 0.663. The standard InChI is InChI=1S/C24H22N2O4/c1-13-21-22(16-8-4-6-10-20(16)29-2)23-17(25-24(21)30-26-13)11-14(12-19(23)28)15-7-3-5-9-18(15)27/h3-10,14,22,25,27H,11-12H2,1-2H3/t14-,22-/m0/s1. The maximum Gasteiger partial charge on any atom is 0.233 e. The van der Waals surface area contributed by atoms with E-state index in [1.807, 2.05) is 43.3 Å². The summed E-state index contributed by atoms with van der Waals surface area (Å²) < 4.78 is 11.2. The Morgan fingerprint density at radius 3 is 2.60 bits per heavy atom. The normalized spacial score (nSPS) is 20.4. The highest BCUT2D eigenvalue weighted by atomic mass is 16.5. The predicted octanol–water partition coefficient (Wildman–Crippen LogP) is 4.66. The Morgan fingerprint density at radius 2 is 1.83 bits per heavy atom. The summed E-state index contributed by atoms with van der Waals surface area (Å²) in [5.74, 6) is 1.14. The van der Waals surface area contributed by atoms with Gasteiger partial charge < -0.3 is 19.7 Å². The number of hydrogen-bond donors (Lipinski definition) is 2. The number of ketones is 1. The first-order valence-electron chi connectivity index (χ1n) is 9.98. The van der Waals surface area contributed by atoms with Gasteiger partial charge in [0.2, 0.25) is 5.88 Å². The maximum absolute atomic E-state index is 13.5. The fourth-order valence-corrected chi connectivity index (χ4v) is 4.74. The number of hydrogen-bond acceptors (Lipinski definition) is 6. The molecule has 6 nitrogen and oxygen atoms in total. The number of aromatic nitrogens is 1.